The molecule has 0 aromatic carbocycles. The standard InChI is InChI=1S/C11H20N4O/c1-2-3-9-13-10(15-14-9)11(8-12)4-6-16-7-5-11/h2-8,12H2,1H3,(H,13,14,15). The van der Waals surface area contributed by atoms with Crippen molar-refractivity contribution in [1.29, 1.82) is 0 Å². The van der Waals surface area contributed by atoms with Gasteiger partial charge >= 0.3 is 0 Å². The Hall–Kier alpha value is -0.940. The number of H-pyrrole nitrogens is 1. The Morgan fingerprint density at radius 3 is 2.81 bits per heavy atom. The monoisotopic (exact) mass is 224 g/mol. The van der Waals surface area contributed by atoms with Crippen LogP contribution in [0.5, 0.6) is 0 Å². The molecule has 1 aliphatic heterocycles. The number of hydrogen-bond donors (Lipinski definition) is 2. The molecule has 0 atom stereocenters. The first-order valence-corrected chi connectivity index (χ1v) is 6.00. The first-order valence-electron chi connectivity index (χ1n) is 6.00. The van der Waals surface area contributed by atoms with Crippen LogP contribution in [0, 0.1) is 0 Å². The Balaban J connectivity index is 2.18. The van der Waals surface area contributed by atoms with Crippen LogP contribution in [0.3, 0.4) is 0 Å². The number of nitrogens with zero attached hydrogens (tertiary/aromatic N) is 2. The minimum atomic E-state index is -0.0687. The zero-order valence-corrected chi connectivity index (χ0v) is 9.83. The van der Waals surface area contributed by atoms with Crippen molar-refractivity contribution in [3.63, 3.8) is 0 Å². The summed E-state index contributed by atoms with van der Waals surface area (Å²) in [4.78, 5) is 4.56. The lowest BCUT2D eigenvalue weighted by atomic mass is 9.79. The van der Waals surface area contributed by atoms with Crippen LogP contribution in [0.25, 0.3) is 0 Å². The highest BCUT2D eigenvalue weighted by atomic mass is 16.5. The van der Waals surface area contributed by atoms with E-state index >= 15 is 0 Å². The lowest BCUT2D eigenvalue weighted by Gasteiger charge is -2.33. The third-order valence-electron chi connectivity index (χ3n) is 3.33. The maximum Gasteiger partial charge on any atom is 0.158 e. The van der Waals surface area contributed by atoms with Crippen molar-refractivity contribution in [1.82, 2.24) is 15.2 Å². The van der Waals surface area contributed by atoms with Gasteiger partial charge in [-0.2, -0.15) is 5.10 Å². The van der Waals surface area contributed by atoms with Gasteiger partial charge in [-0.3, -0.25) is 5.10 Å². The highest BCUT2D eigenvalue weighted by Gasteiger charge is 2.36. The highest BCUT2D eigenvalue weighted by Crippen LogP contribution is 2.31. The second-order valence-corrected chi connectivity index (χ2v) is 4.45. The van der Waals surface area contributed by atoms with E-state index in [4.69, 9.17) is 10.5 Å². The minimum absolute atomic E-state index is 0.0687. The number of aromatic nitrogens is 3. The van der Waals surface area contributed by atoms with Crippen molar-refractivity contribution in [2.75, 3.05) is 19.8 Å². The molecule has 1 aliphatic rings. The van der Waals surface area contributed by atoms with Gasteiger partial charge in [0.05, 0.1) is 0 Å². The van der Waals surface area contributed by atoms with Gasteiger partial charge in [0.25, 0.3) is 0 Å². The molecule has 90 valence electrons. The summed E-state index contributed by atoms with van der Waals surface area (Å²) in [7, 11) is 0. The van der Waals surface area contributed by atoms with Crippen molar-refractivity contribution in [2.24, 2.45) is 5.73 Å². The normalized spacial score (nSPS) is 19.9. The molecule has 2 rings (SSSR count). The van der Waals surface area contributed by atoms with E-state index in [1.807, 2.05) is 0 Å². The molecule has 2 heterocycles. The number of aromatic amines is 1. The largest absolute Gasteiger partial charge is 0.381 e. The highest BCUT2D eigenvalue weighted by molar-refractivity contribution is 5.10. The van der Waals surface area contributed by atoms with Gasteiger partial charge in [-0.05, 0) is 19.3 Å². The Morgan fingerprint density at radius 2 is 2.19 bits per heavy atom. The fourth-order valence-corrected chi connectivity index (χ4v) is 2.16. The van der Waals surface area contributed by atoms with Gasteiger partial charge in [-0.15, -0.1) is 0 Å². The summed E-state index contributed by atoms with van der Waals surface area (Å²) in [5, 5.41) is 7.34. The lowest BCUT2D eigenvalue weighted by Crippen LogP contribution is -2.41. The molecular formula is C11H20N4O. The number of aryl methyl sites for hydroxylation is 1. The summed E-state index contributed by atoms with van der Waals surface area (Å²) < 4.78 is 5.38. The molecule has 0 spiro atoms. The van der Waals surface area contributed by atoms with Gasteiger partial charge in [0, 0.05) is 31.6 Å². The summed E-state index contributed by atoms with van der Waals surface area (Å²) >= 11 is 0. The molecule has 16 heavy (non-hydrogen) atoms. The van der Waals surface area contributed by atoms with E-state index in [2.05, 4.69) is 22.1 Å². The van der Waals surface area contributed by atoms with Gasteiger partial charge in [0.2, 0.25) is 0 Å². The molecule has 1 aromatic heterocycles. The van der Waals surface area contributed by atoms with Crippen LogP contribution in [0.2, 0.25) is 0 Å². The average molecular weight is 224 g/mol. The van der Waals surface area contributed by atoms with E-state index in [0.29, 0.717) is 6.54 Å². The van der Waals surface area contributed by atoms with Crippen molar-refractivity contribution in [2.45, 2.75) is 38.0 Å². The van der Waals surface area contributed by atoms with Gasteiger partial charge in [-0.25, -0.2) is 4.98 Å². The number of nitrogens with two attached hydrogens (primary N) is 1. The summed E-state index contributed by atoms with van der Waals surface area (Å²) in [6.45, 7) is 4.25. The van der Waals surface area contributed by atoms with E-state index in [1.165, 1.54) is 0 Å². The molecular weight excluding hydrogens is 204 g/mol. The number of ether oxygens (including phenoxy) is 1. The first kappa shape index (κ1) is 11.5. The topological polar surface area (TPSA) is 76.8 Å². The van der Waals surface area contributed by atoms with E-state index in [0.717, 1.165) is 50.5 Å². The molecule has 0 amide bonds. The Morgan fingerprint density at radius 1 is 1.44 bits per heavy atom. The van der Waals surface area contributed by atoms with Gasteiger partial charge < -0.3 is 10.5 Å². The minimum Gasteiger partial charge on any atom is -0.381 e. The lowest BCUT2D eigenvalue weighted by molar-refractivity contribution is 0.0500. The van der Waals surface area contributed by atoms with Crippen LogP contribution in [-0.4, -0.2) is 34.9 Å². The fourth-order valence-electron chi connectivity index (χ4n) is 2.16. The van der Waals surface area contributed by atoms with Gasteiger partial charge in [0.1, 0.15) is 5.82 Å². The predicted molar refractivity (Wildman–Crippen MR) is 61.2 cm³/mol. The van der Waals surface area contributed by atoms with Crippen LogP contribution < -0.4 is 5.73 Å². The molecule has 0 saturated carbocycles. The van der Waals surface area contributed by atoms with Crippen molar-refractivity contribution in [3.05, 3.63) is 11.6 Å². The van der Waals surface area contributed by atoms with Crippen LogP contribution in [0.15, 0.2) is 0 Å². The Labute approximate surface area is 95.8 Å². The fraction of sp³-hybridized carbons (Fsp3) is 0.818. The zero-order valence-electron chi connectivity index (χ0n) is 9.83. The van der Waals surface area contributed by atoms with Crippen molar-refractivity contribution in [3.8, 4) is 0 Å². The summed E-state index contributed by atoms with van der Waals surface area (Å²) in [5.74, 6) is 1.85. The second kappa shape index (κ2) is 4.93. The number of hydrogen-bond acceptors (Lipinski definition) is 4. The van der Waals surface area contributed by atoms with E-state index in [-0.39, 0.29) is 5.41 Å². The Kier molecular flexibility index (Phi) is 3.56. The van der Waals surface area contributed by atoms with E-state index in [1.54, 1.807) is 0 Å². The van der Waals surface area contributed by atoms with E-state index in [9.17, 15) is 0 Å². The van der Waals surface area contributed by atoms with Crippen molar-refractivity contribution < 1.29 is 4.74 Å². The molecule has 0 bridgehead atoms. The number of nitrogens with one attached hydrogen (secondary N) is 1. The number of rotatable bonds is 4. The van der Waals surface area contributed by atoms with Gasteiger partial charge in [0.15, 0.2) is 5.82 Å². The van der Waals surface area contributed by atoms with Crippen molar-refractivity contribution >= 4 is 0 Å². The molecule has 5 heteroatoms. The zero-order chi connectivity index (χ0) is 11.4. The SMILES string of the molecule is CCCc1nc(C2(CN)CCOCC2)n[nH]1. The second-order valence-electron chi connectivity index (χ2n) is 4.45. The first-order chi connectivity index (χ1) is 7.80. The van der Waals surface area contributed by atoms with Crippen LogP contribution in [0.1, 0.15) is 37.8 Å². The molecule has 1 aromatic rings. The molecule has 1 saturated heterocycles. The van der Waals surface area contributed by atoms with E-state index < -0.39 is 0 Å². The predicted octanol–water partition coefficient (Wildman–Crippen LogP) is 0.764. The molecule has 5 nitrogen and oxygen atoms in total. The Bertz CT molecular complexity index is 330. The third-order valence-corrected chi connectivity index (χ3v) is 3.33. The summed E-state index contributed by atoms with van der Waals surface area (Å²) in [5.41, 5.74) is 5.84. The molecule has 0 unspecified atom stereocenters. The maximum atomic E-state index is 5.90. The van der Waals surface area contributed by atoms with Crippen LogP contribution in [0.4, 0.5) is 0 Å². The molecule has 0 radical (unpaired) electrons. The smallest absolute Gasteiger partial charge is 0.158 e. The molecule has 3 N–H and O–H groups in total. The average Bonchev–Trinajstić information content (AvgIpc) is 2.80. The molecule has 0 aliphatic carbocycles. The van der Waals surface area contributed by atoms with Gasteiger partial charge in [-0.1, -0.05) is 6.92 Å². The maximum absolute atomic E-state index is 5.90. The molecule has 1 fully saturated rings. The van der Waals surface area contributed by atoms with Crippen LogP contribution in [-0.2, 0) is 16.6 Å². The summed E-state index contributed by atoms with van der Waals surface area (Å²) in [6.07, 6.45) is 3.87. The third kappa shape index (κ3) is 2.10. The quantitative estimate of drug-likeness (QED) is 0.791. The van der Waals surface area contributed by atoms with Crippen LogP contribution >= 0.6 is 0 Å². The summed E-state index contributed by atoms with van der Waals surface area (Å²) in [6, 6.07) is 0.